The highest BCUT2D eigenvalue weighted by molar-refractivity contribution is 5.84. The Morgan fingerprint density at radius 2 is 1.76 bits per heavy atom. The monoisotopic (exact) mass is 335 g/mol. The van der Waals surface area contributed by atoms with Crippen LogP contribution in [0.3, 0.4) is 0 Å². The number of nitrogens with one attached hydrogen (secondary N) is 3. The molecule has 0 aliphatic carbocycles. The van der Waals surface area contributed by atoms with Crippen LogP contribution in [0.5, 0.6) is 0 Å². The zero-order valence-corrected chi connectivity index (χ0v) is 14.0. The van der Waals surface area contributed by atoms with Crippen LogP contribution in [0.1, 0.15) is 5.56 Å². The Balaban J connectivity index is 0.000000170. The molecule has 1 atom stereocenters. The van der Waals surface area contributed by atoms with Crippen LogP contribution in [0.25, 0.3) is 21.8 Å². The van der Waals surface area contributed by atoms with Crippen LogP contribution in [0.4, 0.5) is 0 Å². The smallest absolute Gasteiger partial charge is 0.321 e. The maximum Gasteiger partial charge on any atom is 0.321 e. The van der Waals surface area contributed by atoms with Gasteiger partial charge in [-0.15, -0.1) is 0 Å². The minimum atomic E-state index is -0.826. The van der Waals surface area contributed by atoms with Crippen molar-refractivity contribution >= 4 is 27.8 Å². The Hall–Kier alpha value is -3.05. The van der Waals surface area contributed by atoms with E-state index >= 15 is 0 Å². The van der Waals surface area contributed by atoms with E-state index in [2.05, 4.69) is 33.5 Å². The first-order valence-electron chi connectivity index (χ1n) is 8.16. The number of carboxylic acids is 1. The van der Waals surface area contributed by atoms with Gasteiger partial charge < -0.3 is 20.4 Å². The third-order valence-electron chi connectivity index (χ3n) is 4.21. The number of carboxylic acid groups (broad SMARTS) is 1. The normalized spacial score (nSPS) is 11.9. The van der Waals surface area contributed by atoms with Crippen molar-refractivity contribution in [3.63, 3.8) is 0 Å². The fourth-order valence-corrected chi connectivity index (χ4v) is 2.83. The van der Waals surface area contributed by atoms with Gasteiger partial charge in [0, 0.05) is 35.2 Å². The van der Waals surface area contributed by atoms with Crippen LogP contribution in [0.2, 0.25) is 0 Å². The van der Waals surface area contributed by atoms with E-state index in [0.29, 0.717) is 6.42 Å². The Kier molecular flexibility index (Phi) is 5.16. The number of benzene rings is 2. The molecular formula is C20H21N3O2. The predicted molar refractivity (Wildman–Crippen MR) is 101 cm³/mol. The van der Waals surface area contributed by atoms with Crippen molar-refractivity contribution in [3.8, 4) is 0 Å². The molecule has 0 aliphatic rings. The number of para-hydroxylation sites is 2. The molecule has 0 amide bonds. The zero-order chi connectivity index (χ0) is 17.6. The van der Waals surface area contributed by atoms with Gasteiger partial charge in [0.05, 0.1) is 0 Å². The molecule has 0 spiro atoms. The Morgan fingerprint density at radius 1 is 1.04 bits per heavy atom. The van der Waals surface area contributed by atoms with Crippen LogP contribution in [-0.2, 0) is 11.2 Å². The third-order valence-corrected chi connectivity index (χ3v) is 4.21. The Bertz CT molecular complexity index is 941. The quantitative estimate of drug-likeness (QED) is 0.460. The molecule has 2 aromatic heterocycles. The molecule has 4 N–H and O–H groups in total. The van der Waals surface area contributed by atoms with Gasteiger partial charge in [0.2, 0.25) is 0 Å². The Morgan fingerprint density at radius 3 is 2.48 bits per heavy atom. The lowest BCUT2D eigenvalue weighted by Gasteiger charge is -2.09. The average Bonchev–Trinajstić information content (AvgIpc) is 3.27. The lowest BCUT2D eigenvalue weighted by atomic mass is 10.1. The zero-order valence-electron chi connectivity index (χ0n) is 14.0. The molecule has 5 heteroatoms. The van der Waals surface area contributed by atoms with Gasteiger partial charge in [0.1, 0.15) is 6.04 Å². The number of aromatic amines is 2. The third kappa shape index (κ3) is 3.89. The highest BCUT2D eigenvalue weighted by Gasteiger charge is 2.17. The molecule has 5 nitrogen and oxygen atoms in total. The van der Waals surface area contributed by atoms with Crippen molar-refractivity contribution in [1.29, 1.82) is 0 Å². The number of hydrogen-bond donors (Lipinski definition) is 4. The Labute approximate surface area is 145 Å². The fraction of sp³-hybridized carbons (Fsp3) is 0.150. The molecule has 4 rings (SSSR count). The van der Waals surface area contributed by atoms with Crippen LogP contribution in [-0.4, -0.2) is 34.1 Å². The maximum atomic E-state index is 10.9. The lowest BCUT2D eigenvalue weighted by Crippen LogP contribution is -2.35. The van der Waals surface area contributed by atoms with Crippen LogP contribution in [0.15, 0.2) is 67.0 Å². The van der Waals surface area contributed by atoms with Crippen molar-refractivity contribution in [2.24, 2.45) is 0 Å². The summed E-state index contributed by atoms with van der Waals surface area (Å²) in [5.41, 5.74) is 3.27. The van der Waals surface area contributed by atoms with Crippen molar-refractivity contribution in [2.45, 2.75) is 12.5 Å². The van der Waals surface area contributed by atoms with Gasteiger partial charge in [-0.2, -0.15) is 0 Å². The topological polar surface area (TPSA) is 80.9 Å². The number of carbonyl (C=O) groups is 1. The van der Waals surface area contributed by atoms with Crippen LogP contribution < -0.4 is 5.32 Å². The van der Waals surface area contributed by atoms with E-state index in [9.17, 15) is 4.79 Å². The molecular weight excluding hydrogens is 314 g/mol. The fourth-order valence-electron chi connectivity index (χ4n) is 2.83. The van der Waals surface area contributed by atoms with Gasteiger partial charge in [-0.3, -0.25) is 4.79 Å². The predicted octanol–water partition coefficient (Wildman–Crippen LogP) is 3.55. The van der Waals surface area contributed by atoms with Crippen molar-refractivity contribution in [2.75, 3.05) is 7.05 Å². The first-order chi connectivity index (χ1) is 12.2. The van der Waals surface area contributed by atoms with E-state index < -0.39 is 12.0 Å². The molecule has 0 saturated carbocycles. The molecule has 1 unspecified atom stereocenters. The molecule has 128 valence electrons. The first-order valence-corrected chi connectivity index (χ1v) is 8.16. The van der Waals surface area contributed by atoms with E-state index in [-0.39, 0.29) is 0 Å². The average molecular weight is 335 g/mol. The largest absolute Gasteiger partial charge is 0.480 e. The number of fused-ring (bicyclic) bond motifs is 2. The van der Waals surface area contributed by atoms with Gasteiger partial charge in [0.25, 0.3) is 0 Å². The summed E-state index contributed by atoms with van der Waals surface area (Å²) in [5.74, 6) is -0.826. The van der Waals surface area contributed by atoms with Gasteiger partial charge in [-0.25, -0.2) is 0 Å². The standard InChI is InChI=1S/C12H14N2O2.C8H7N/c1-13-11(12(15)16)6-8-7-14-10-5-3-2-4-9(8)10;1-2-4-8-7(3-1)5-6-9-8/h2-5,7,11,13-14H,6H2,1H3,(H,15,16);1-6,9H. The van der Waals surface area contributed by atoms with Crippen molar-refractivity contribution < 1.29 is 9.90 Å². The summed E-state index contributed by atoms with van der Waals surface area (Å²) >= 11 is 0. The number of likely N-dealkylation sites (N-methyl/N-ethyl adjacent to an activating group) is 1. The summed E-state index contributed by atoms with van der Waals surface area (Å²) in [5, 5.41) is 14.1. The van der Waals surface area contributed by atoms with Gasteiger partial charge in [-0.05, 0) is 36.2 Å². The van der Waals surface area contributed by atoms with E-state index in [4.69, 9.17) is 5.11 Å². The summed E-state index contributed by atoms with van der Waals surface area (Å²) in [6.45, 7) is 0. The molecule has 0 fully saturated rings. The molecule has 2 heterocycles. The summed E-state index contributed by atoms with van der Waals surface area (Å²) in [7, 11) is 1.66. The number of hydrogen-bond acceptors (Lipinski definition) is 2. The van der Waals surface area contributed by atoms with Crippen LogP contribution in [0, 0.1) is 0 Å². The maximum absolute atomic E-state index is 10.9. The second-order valence-electron chi connectivity index (χ2n) is 5.81. The highest BCUT2D eigenvalue weighted by Crippen LogP contribution is 2.19. The van der Waals surface area contributed by atoms with Gasteiger partial charge in [-0.1, -0.05) is 36.4 Å². The molecule has 25 heavy (non-hydrogen) atoms. The summed E-state index contributed by atoms with van der Waals surface area (Å²) in [6, 6.07) is 17.6. The van der Waals surface area contributed by atoms with Crippen molar-refractivity contribution in [3.05, 3.63) is 72.6 Å². The number of aliphatic carboxylic acids is 1. The number of rotatable bonds is 4. The summed E-state index contributed by atoms with van der Waals surface area (Å²) in [4.78, 5) is 17.2. The lowest BCUT2D eigenvalue weighted by molar-refractivity contribution is -0.139. The molecule has 4 aromatic rings. The number of H-pyrrole nitrogens is 2. The summed E-state index contributed by atoms with van der Waals surface area (Å²) in [6.07, 6.45) is 4.30. The van der Waals surface area contributed by atoms with Gasteiger partial charge in [0.15, 0.2) is 0 Å². The molecule has 0 radical (unpaired) electrons. The summed E-state index contributed by atoms with van der Waals surface area (Å²) < 4.78 is 0. The molecule has 2 aromatic carbocycles. The minimum absolute atomic E-state index is 0.482. The molecule has 0 aliphatic heterocycles. The number of aromatic nitrogens is 2. The molecule has 0 saturated heterocycles. The van der Waals surface area contributed by atoms with E-state index in [1.165, 1.54) is 10.9 Å². The minimum Gasteiger partial charge on any atom is -0.480 e. The van der Waals surface area contributed by atoms with Crippen LogP contribution >= 0.6 is 0 Å². The van der Waals surface area contributed by atoms with E-state index in [0.717, 1.165) is 16.5 Å². The second kappa shape index (κ2) is 7.68. The second-order valence-corrected chi connectivity index (χ2v) is 5.81. The highest BCUT2D eigenvalue weighted by atomic mass is 16.4. The SMILES string of the molecule is CNC(Cc1c[nH]c2ccccc12)C(=O)O.c1ccc2[nH]ccc2c1. The van der Waals surface area contributed by atoms with Crippen molar-refractivity contribution in [1.82, 2.24) is 15.3 Å². The first kappa shape index (κ1) is 16.8. The van der Waals surface area contributed by atoms with E-state index in [1.54, 1.807) is 7.05 Å². The molecule has 0 bridgehead atoms. The van der Waals surface area contributed by atoms with Gasteiger partial charge >= 0.3 is 5.97 Å². The van der Waals surface area contributed by atoms with E-state index in [1.807, 2.05) is 48.8 Å².